The molecule has 1 atom stereocenters. The lowest BCUT2D eigenvalue weighted by molar-refractivity contribution is 0.131. The Labute approximate surface area is 219 Å². The fourth-order valence-corrected chi connectivity index (χ4v) is 3.90. The van der Waals surface area contributed by atoms with Gasteiger partial charge in [0.05, 0.1) is 18.4 Å². The van der Waals surface area contributed by atoms with Crippen molar-refractivity contribution in [1.82, 2.24) is 4.68 Å². The molecule has 4 rings (SSSR count). The van der Waals surface area contributed by atoms with E-state index in [0.29, 0.717) is 28.1 Å². The monoisotopic (exact) mass is 524 g/mol. The number of aromatic nitrogens is 1. The first-order valence-corrected chi connectivity index (χ1v) is 12.0. The van der Waals surface area contributed by atoms with Gasteiger partial charge in [-0.15, -0.1) is 0 Å². The van der Waals surface area contributed by atoms with Gasteiger partial charge in [0, 0.05) is 43.4 Å². The smallest absolute Gasteiger partial charge is 0.220 e. The zero-order chi connectivity index (χ0) is 28.0. The van der Waals surface area contributed by atoms with Gasteiger partial charge in [-0.25, -0.2) is 8.78 Å². The first-order chi connectivity index (χ1) is 18.2. The molecule has 2 aromatic rings. The number of ether oxygens (including phenoxy) is 3. The number of nitrogens with one attached hydrogen (secondary N) is 2. The molecule has 0 fully saturated rings. The lowest BCUT2D eigenvalue weighted by Crippen LogP contribution is -2.44. The Hall–Kier alpha value is -4.47. The summed E-state index contributed by atoms with van der Waals surface area (Å²) in [5.41, 5.74) is 1.32. The molecule has 0 saturated carbocycles. The minimum absolute atomic E-state index is 0.0838. The average Bonchev–Trinajstić information content (AvgIpc) is 3.05. The largest absolute Gasteiger partial charge is 0.496 e. The van der Waals surface area contributed by atoms with E-state index < -0.39 is 17.9 Å². The van der Waals surface area contributed by atoms with Crippen molar-refractivity contribution in [3.63, 3.8) is 0 Å². The first kappa shape index (κ1) is 28.1. The average molecular weight is 525 g/mol. The molecular weight excluding hydrogens is 494 g/mol. The van der Waals surface area contributed by atoms with E-state index in [1.165, 1.54) is 32.3 Å². The fourth-order valence-electron chi connectivity index (χ4n) is 3.90. The summed E-state index contributed by atoms with van der Waals surface area (Å²) >= 11 is 0. The maximum absolute atomic E-state index is 14.4. The Balaban J connectivity index is 0.00000195. The van der Waals surface area contributed by atoms with Crippen molar-refractivity contribution < 1.29 is 23.0 Å². The number of allylic oxidation sites excluding steroid dienone is 5. The summed E-state index contributed by atoms with van der Waals surface area (Å²) in [7, 11) is 3.18. The fraction of sp³-hybridized carbons (Fsp3) is 0.250. The van der Waals surface area contributed by atoms with E-state index >= 15 is 0 Å². The van der Waals surface area contributed by atoms with Crippen LogP contribution in [-0.4, -0.2) is 36.9 Å². The highest BCUT2D eigenvalue weighted by Gasteiger charge is 2.26. The van der Waals surface area contributed by atoms with Crippen LogP contribution in [0.3, 0.4) is 0 Å². The topological polar surface area (TPSA) is 101 Å². The quantitative estimate of drug-likeness (QED) is 0.379. The molecule has 38 heavy (non-hydrogen) atoms. The molecule has 0 saturated heterocycles. The molecule has 200 valence electrons. The minimum atomic E-state index is -0.819. The molecule has 1 aliphatic heterocycles. The van der Waals surface area contributed by atoms with E-state index in [-0.39, 0.29) is 29.4 Å². The van der Waals surface area contributed by atoms with Gasteiger partial charge in [0.25, 0.3) is 0 Å². The van der Waals surface area contributed by atoms with E-state index in [4.69, 9.17) is 25.0 Å². The van der Waals surface area contributed by atoms with Gasteiger partial charge < -0.3 is 14.2 Å². The van der Waals surface area contributed by atoms with Crippen LogP contribution in [0.2, 0.25) is 0 Å². The van der Waals surface area contributed by atoms with E-state index in [0.717, 1.165) is 6.08 Å². The molecule has 2 heterocycles. The second kappa shape index (κ2) is 12.2. The van der Waals surface area contributed by atoms with E-state index in [9.17, 15) is 13.6 Å². The SMILES string of the molecule is CC.COc1ccc(C(=N)OC(C)=N)cc1-c1c2n(ccc1=O)N(C)C(OC1=CCC=C(F)C=C1F)C=C2. The van der Waals surface area contributed by atoms with Crippen molar-refractivity contribution in [2.45, 2.75) is 33.4 Å². The van der Waals surface area contributed by atoms with Crippen molar-refractivity contribution in [2.75, 3.05) is 19.2 Å². The highest BCUT2D eigenvalue weighted by Crippen LogP contribution is 2.34. The Morgan fingerprint density at radius 2 is 1.87 bits per heavy atom. The number of rotatable bonds is 5. The highest BCUT2D eigenvalue weighted by atomic mass is 19.1. The van der Waals surface area contributed by atoms with Crippen molar-refractivity contribution in [3.05, 3.63) is 93.7 Å². The van der Waals surface area contributed by atoms with Crippen LogP contribution in [0.1, 0.15) is 38.4 Å². The van der Waals surface area contributed by atoms with Crippen molar-refractivity contribution in [3.8, 4) is 16.9 Å². The van der Waals surface area contributed by atoms with Gasteiger partial charge in [-0.05, 0) is 48.9 Å². The number of pyridine rings is 1. The summed E-state index contributed by atoms with van der Waals surface area (Å²) in [5, 5.41) is 17.3. The maximum Gasteiger partial charge on any atom is 0.220 e. The third-order valence-corrected chi connectivity index (χ3v) is 5.59. The highest BCUT2D eigenvalue weighted by molar-refractivity contribution is 6.00. The van der Waals surface area contributed by atoms with Crippen molar-refractivity contribution in [2.24, 2.45) is 0 Å². The number of methoxy groups -OCH3 is 1. The summed E-state index contributed by atoms with van der Waals surface area (Å²) in [5.74, 6) is -1.55. The van der Waals surface area contributed by atoms with Gasteiger partial charge in [-0.1, -0.05) is 13.8 Å². The zero-order valence-corrected chi connectivity index (χ0v) is 21.8. The number of likely N-dealkylation sites (N-methyl/N-ethyl adjacent to an activating group) is 1. The Morgan fingerprint density at radius 3 is 2.55 bits per heavy atom. The van der Waals surface area contributed by atoms with Gasteiger partial charge in [-0.3, -0.25) is 25.3 Å². The summed E-state index contributed by atoms with van der Waals surface area (Å²) in [4.78, 5) is 13.1. The second-order valence-electron chi connectivity index (χ2n) is 8.01. The van der Waals surface area contributed by atoms with Gasteiger partial charge in [-0.2, -0.15) is 0 Å². The van der Waals surface area contributed by atoms with Crippen LogP contribution in [-0.2, 0) is 9.47 Å². The Morgan fingerprint density at radius 1 is 1.13 bits per heavy atom. The molecule has 2 aliphatic rings. The number of fused-ring (bicyclic) bond motifs is 1. The van der Waals surface area contributed by atoms with Crippen LogP contribution in [0, 0.1) is 10.8 Å². The molecule has 1 aromatic carbocycles. The summed E-state index contributed by atoms with van der Waals surface area (Å²) in [6, 6.07) is 6.20. The molecule has 0 radical (unpaired) electrons. The van der Waals surface area contributed by atoms with E-state index in [1.54, 1.807) is 53.3 Å². The summed E-state index contributed by atoms with van der Waals surface area (Å²) < 4.78 is 46.0. The van der Waals surface area contributed by atoms with Crippen LogP contribution in [0.15, 0.2) is 77.0 Å². The normalized spacial score (nSPS) is 16.0. The number of nitrogens with zero attached hydrogens (tertiary/aromatic N) is 2. The van der Waals surface area contributed by atoms with Crippen LogP contribution in [0.25, 0.3) is 17.2 Å². The standard InChI is InChI=1S/C26H24F2N4O4.C2H6/c1-15(29)35-26(30)16-7-9-22(34-3)18(13-16)25-20-8-10-24(31(2)32(20)12-11-21(25)33)36-23-6-4-5-17(27)14-19(23)28;1-2/h5-14,24,29-30H,4H2,1-3H3;1-2H3. The molecule has 1 aromatic heterocycles. The molecule has 0 bridgehead atoms. The third kappa shape index (κ3) is 5.91. The van der Waals surface area contributed by atoms with Crippen molar-refractivity contribution >= 4 is 17.9 Å². The van der Waals surface area contributed by atoms with Crippen LogP contribution >= 0.6 is 0 Å². The van der Waals surface area contributed by atoms with Gasteiger partial charge in [0.2, 0.25) is 12.1 Å². The van der Waals surface area contributed by atoms with Crippen LogP contribution in [0.5, 0.6) is 5.75 Å². The molecular formula is C28H30F2N4O4. The second-order valence-corrected chi connectivity index (χ2v) is 8.01. The number of benzene rings is 1. The van der Waals surface area contributed by atoms with Crippen LogP contribution < -0.4 is 15.2 Å². The molecule has 0 spiro atoms. The van der Waals surface area contributed by atoms with Gasteiger partial charge >= 0.3 is 0 Å². The number of hydrogen-bond acceptors (Lipinski definition) is 7. The minimum Gasteiger partial charge on any atom is -0.496 e. The lowest BCUT2D eigenvalue weighted by atomic mass is 9.98. The lowest BCUT2D eigenvalue weighted by Gasteiger charge is -2.35. The van der Waals surface area contributed by atoms with Gasteiger partial charge in [0.15, 0.2) is 22.9 Å². The first-order valence-electron chi connectivity index (χ1n) is 12.0. The predicted octanol–water partition coefficient (Wildman–Crippen LogP) is 5.82. The van der Waals surface area contributed by atoms with Crippen LogP contribution in [0.4, 0.5) is 8.78 Å². The number of hydrogen-bond donors (Lipinski definition) is 2. The third-order valence-electron chi connectivity index (χ3n) is 5.59. The molecule has 1 unspecified atom stereocenters. The molecule has 0 amide bonds. The summed E-state index contributed by atoms with van der Waals surface area (Å²) in [6.07, 6.45) is 7.81. The summed E-state index contributed by atoms with van der Waals surface area (Å²) in [6.45, 7) is 5.41. The molecule has 1 aliphatic carbocycles. The Bertz CT molecular complexity index is 1420. The Kier molecular flexibility index (Phi) is 9.01. The van der Waals surface area contributed by atoms with E-state index in [1.807, 2.05) is 13.8 Å². The van der Waals surface area contributed by atoms with Crippen molar-refractivity contribution in [1.29, 1.82) is 10.8 Å². The molecule has 10 heteroatoms. The zero-order valence-electron chi connectivity index (χ0n) is 21.8. The van der Waals surface area contributed by atoms with Gasteiger partial charge in [0.1, 0.15) is 11.6 Å². The maximum atomic E-state index is 14.4. The van der Waals surface area contributed by atoms with E-state index in [2.05, 4.69) is 0 Å². The number of halogens is 2. The predicted molar refractivity (Wildman–Crippen MR) is 144 cm³/mol. The molecule has 8 nitrogen and oxygen atoms in total. The molecule has 2 N–H and O–H groups in total.